The van der Waals surface area contributed by atoms with E-state index in [0.29, 0.717) is 10.8 Å². The van der Waals surface area contributed by atoms with Gasteiger partial charge in [0.1, 0.15) is 0 Å². The molecule has 2 heteroatoms. The van der Waals surface area contributed by atoms with Gasteiger partial charge in [-0.15, -0.1) is 0 Å². The van der Waals surface area contributed by atoms with E-state index in [9.17, 15) is 0 Å². The van der Waals surface area contributed by atoms with Gasteiger partial charge in [0, 0.05) is 12.1 Å². The third kappa shape index (κ3) is 3.17. The lowest BCUT2D eigenvalue weighted by Gasteiger charge is -2.56. The summed E-state index contributed by atoms with van der Waals surface area (Å²) in [5.41, 5.74) is 7.74. The summed E-state index contributed by atoms with van der Waals surface area (Å²) in [5.74, 6) is 0.724. The second-order valence-electron chi connectivity index (χ2n) is 8.77. The minimum absolute atomic E-state index is 0.281. The first-order valence-electron chi connectivity index (χ1n) is 9.28. The topological polar surface area (TPSA) is 29.3 Å². The van der Waals surface area contributed by atoms with Crippen LogP contribution in [0.3, 0.4) is 0 Å². The van der Waals surface area contributed by atoms with Crippen LogP contribution in [0.25, 0.3) is 0 Å². The van der Waals surface area contributed by atoms with E-state index in [-0.39, 0.29) is 5.54 Å². The maximum atomic E-state index is 6.34. The highest BCUT2D eigenvalue weighted by molar-refractivity contribution is 5.03. The summed E-state index contributed by atoms with van der Waals surface area (Å²) in [6, 6.07) is 0. The molecule has 1 saturated carbocycles. The monoisotopic (exact) mass is 294 g/mol. The van der Waals surface area contributed by atoms with Crippen molar-refractivity contribution in [3.63, 3.8) is 0 Å². The molecule has 1 heterocycles. The highest BCUT2D eigenvalue weighted by atomic mass is 15.2. The minimum atomic E-state index is 0.281. The van der Waals surface area contributed by atoms with E-state index in [1.165, 1.54) is 58.0 Å². The Balaban J connectivity index is 2.09. The number of rotatable bonds is 4. The molecular weight excluding hydrogens is 256 g/mol. The van der Waals surface area contributed by atoms with Crippen LogP contribution in [0.1, 0.15) is 79.6 Å². The van der Waals surface area contributed by atoms with E-state index >= 15 is 0 Å². The lowest BCUT2D eigenvalue weighted by molar-refractivity contribution is -0.0543. The summed E-state index contributed by atoms with van der Waals surface area (Å²) in [5, 5.41) is 0. The fraction of sp³-hybridized carbons (Fsp3) is 1.00. The Bertz CT molecular complexity index is 335. The molecule has 0 radical (unpaired) electrons. The molecule has 2 nitrogen and oxygen atoms in total. The molecule has 2 N–H and O–H groups in total. The summed E-state index contributed by atoms with van der Waals surface area (Å²) < 4.78 is 0. The second-order valence-corrected chi connectivity index (χ2v) is 8.77. The van der Waals surface area contributed by atoms with E-state index in [1.807, 2.05) is 0 Å². The van der Waals surface area contributed by atoms with Gasteiger partial charge < -0.3 is 5.73 Å². The van der Waals surface area contributed by atoms with Crippen LogP contribution in [-0.2, 0) is 0 Å². The van der Waals surface area contributed by atoms with Gasteiger partial charge in [-0.05, 0) is 61.9 Å². The van der Waals surface area contributed by atoms with Gasteiger partial charge in [-0.2, -0.15) is 0 Å². The molecule has 0 aromatic heterocycles. The molecule has 0 amide bonds. The highest BCUT2D eigenvalue weighted by Crippen LogP contribution is 2.48. The van der Waals surface area contributed by atoms with E-state index in [2.05, 4.69) is 39.5 Å². The molecule has 0 aromatic rings. The zero-order valence-electron chi connectivity index (χ0n) is 15.2. The molecule has 1 aliphatic carbocycles. The molecule has 2 atom stereocenters. The molecule has 124 valence electrons. The Morgan fingerprint density at radius 1 is 1.00 bits per heavy atom. The molecule has 1 aliphatic heterocycles. The molecule has 0 bridgehead atoms. The maximum Gasteiger partial charge on any atom is 0.0357 e. The largest absolute Gasteiger partial charge is 0.329 e. The Kier molecular flexibility index (Phi) is 5.10. The number of likely N-dealkylation sites (tertiary alicyclic amines) is 1. The molecule has 2 unspecified atom stereocenters. The molecule has 21 heavy (non-hydrogen) atoms. The zero-order chi connectivity index (χ0) is 15.7. The van der Waals surface area contributed by atoms with Crippen molar-refractivity contribution in [3.05, 3.63) is 0 Å². The van der Waals surface area contributed by atoms with Gasteiger partial charge in [0.05, 0.1) is 0 Å². The van der Waals surface area contributed by atoms with Gasteiger partial charge in [-0.3, -0.25) is 4.90 Å². The quantitative estimate of drug-likeness (QED) is 0.831. The third-order valence-electron chi connectivity index (χ3n) is 7.32. The average molecular weight is 295 g/mol. The van der Waals surface area contributed by atoms with E-state index in [4.69, 9.17) is 5.73 Å². The fourth-order valence-electron chi connectivity index (χ4n) is 5.21. The fourth-order valence-corrected chi connectivity index (χ4v) is 5.21. The molecule has 1 saturated heterocycles. The predicted molar refractivity (Wildman–Crippen MR) is 92.4 cm³/mol. The number of hydrogen-bond donors (Lipinski definition) is 1. The molecule has 0 spiro atoms. The predicted octanol–water partition coefficient (Wildman–Crippen LogP) is 4.43. The van der Waals surface area contributed by atoms with Crippen LogP contribution in [-0.4, -0.2) is 30.1 Å². The van der Waals surface area contributed by atoms with Crippen molar-refractivity contribution in [1.82, 2.24) is 4.90 Å². The Morgan fingerprint density at radius 3 is 2.00 bits per heavy atom. The number of hydrogen-bond acceptors (Lipinski definition) is 2. The van der Waals surface area contributed by atoms with Gasteiger partial charge in [0.25, 0.3) is 0 Å². The SMILES string of the molecule is CCC1(CC)CCN(C2(CN)CCC(C)(C)CC2C)CC1. The number of nitrogens with zero attached hydrogens (tertiary/aromatic N) is 1. The van der Waals surface area contributed by atoms with Gasteiger partial charge in [0.2, 0.25) is 0 Å². The summed E-state index contributed by atoms with van der Waals surface area (Å²) in [6.07, 6.45) is 9.38. The van der Waals surface area contributed by atoms with Crippen LogP contribution < -0.4 is 5.73 Å². The first-order chi connectivity index (χ1) is 9.83. The molecular formula is C19H38N2. The smallest absolute Gasteiger partial charge is 0.0357 e. The summed E-state index contributed by atoms with van der Waals surface area (Å²) in [6.45, 7) is 15.4. The minimum Gasteiger partial charge on any atom is -0.329 e. The lowest BCUT2D eigenvalue weighted by atomic mass is 9.62. The summed E-state index contributed by atoms with van der Waals surface area (Å²) in [4.78, 5) is 2.79. The van der Waals surface area contributed by atoms with Crippen molar-refractivity contribution in [3.8, 4) is 0 Å². The Morgan fingerprint density at radius 2 is 1.57 bits per heavy atom. The van der Waals surface area contributed by atoms with E-state index in [0.717, 1.165) is 12.5 Å². The molecule has 2 rings (SSSR count). The van der Waals surface area contributed by atoms with Crippen LogP contribution in [0.5, 0.6) is 0 Å². The van der Waals surface area contributed by atoms with Crippen molar-refractivity contribution < 1.29 is 0 Å². The first kappa shape index (κ1) is 17.3. The zero-order valence-corrected chi connectivity index (χ0v) is 15.2. The molecule has 2 fully saturated rings. The summed E-state index contributed by atoms with van der Waals surface area (Å²) >= 11 is 0. The van der Waals surface area contributed by atoms with E-state index in [1.54, 1.807) is 0 Å². The summed E-state index contributed by atoms with van der Waals surface area (Å²) in [7, 11) is 0. The molecule has 0 aromatic carbocycles. The van der Waals surface area contributed by atoms with Crippen LogP contribution >= 0.6 is 0 Å². The standard InChI is InChI=1S/C19H38N2/c1-6-18(7-2)10-12-21(13-11-18)19(15-20)9-8-17(4,5)14-16(19)3/h16H,6-15,20H2,1-5H3. The van der Waals surface area contributed by atoms with Crippen molar-refractivity contribution >= 4 is 0 Å². The molecule has 2 aliphatic rings. The van der Waals surface area contributed by atoms with Gasteiger partial charge in [0.15, 0.2) is 0 Å². The van der Waals surface area contributed by atoms with Crippen LogP contribution in [0, 0.1) is 16.7 Å². The van der Waals surface area contributed by atoms with Crippen molar-refractivity contribution in [2.45, 2.75) is 85.1 Å². The van der Waals surface area contributed by atoms with Gasteiger partial charge >= 0.3 is 0 Å². The average Bonchev–Trinajstić information content (AvgIpc) is 2.48. The van der Waals surface area contributed by atoms with Gasteiger partial charge in [-0.1, -0.05) is 47.5 Å². The highest BCUT2D eigenvalue weighted by Gasteiger charge is 2.48. The Labute approximate surface area is 132 Å². The van der Waals surface area contributed by atoms with Crippen molar-refractivity contribution in [2.75, 3.05) is 19.6 Å². The first-order valence-corrected chi connectivity index (χ1v) is 9.28. The number of piperidine rings is 1. The Hall–Kier alpha value is -0.0800. The van der Waals surface area contributed by atoms with E-state index < -0.39 is 0 Å². The maximum absolute atomic E-state index is 6.34. The van der Waals surface area contributed by atoms with Crippen LogP contribution in [0.4, 0.5) is 0 Å². The van der Waals surface area contributed by atoms with Gasteiger partial charge in [-0.25, -0.2) is 0 Å². The van der Waals surface area contributed by atoms with Crippen molar-refractivity contribution in [2.24, 2.45) is 22.5 Å². The van der Waals surface area contributed by atoms with Crippen LogP contribution in [0.2, 0.25) is 0 Å². The van der Waals surface area contributed by atoms with Crippen LogP contribution in [0.15, 0.2) is 0 Å². The van der Waals surface area contributed by atoms with Crippen molar-refractivity contribution in [1.29, 1.82) is 0 Å². The normalized spacial score (nSPS) is 36.6. The lowest BCUT2D eigenvalue weighted by Crippen LogP contribution is -2.63. The second kappa shape index (κ2) is 6.20. The third-order valence-corrected chi connectivity index (χ3v) is 7.32. The number of nitrogens with two attached hydrogens (primary N) is 1.